The molecule has 0 aromatic heterocycles. The summed E-state index contributed by atoms with van der Waals surface area (Å²) in [6.45, 7) is 2.16. The molecule has 1 heteroatoms. The van der Waals surface area contributed by atoms with Crippen molar-refractivity contribution in [1.82, 2.24) is 0 Å². The van der Waals surface area contributed by atoms with E-state index in [1.165, 1.54) is 36.8 Å². The quantitative estimate of drug-likeness (QED) is 0.745. The van der Waals surface area contributed by atoms with Crippen molar-refractivity contribution >= 4 is 6.21 Å². The molecule has 1 aliphatic carbocycles. The Hall–Kier alpha value is -1.11. The third-order valence-corrected chi connectivity index (χ3v) is 4.10. The molecule has 1 fully saturated rings. The number of hydrogen-bond acceptors (Lipinski definition) is 1. The smallest absolute Gasteiger partial charge is 0.0536 e. The van der Waals surface area contributed by atoms with Gasteiger partial charge in [0.15, 0.2) is 0 Å². The predicted molar refractivity (Wildman–Crippen MR) is 72.6 cm³/mol. The molecule has 90 valence electrons. The lowest BCUT2D eigenvalue weighted by Crippen LogP contribution is -2.19. The van der Waals surface area contributed by atoms with E-state index >= 15 is 0 Å². The van der Waals surface area contributed by atoms with Gasteiger partial charge < -0.3 is 0 Å². The van der Waals surface area contributed by atoms with Crippen LogP contribution in [0.4, 0.5) is 0 Å². The average molecular weight is 227 g/mol. The number of benzene rings is 1. The fourth-order valence-electron chi connectivity index (χ4n) is 2.91. The Bertz CT molecular complexity index is 417. The van der Waals surface area contributed by atoms with E-state index in [4.69, 9.17) is 4.99 Å². The van der Waals surface area contributed by atoms with Crippen molar-refractivity contribution in [2.75, 3.05) is 0 Å². The standard InChI is InChI=1S/C16H21N/c1-12-3-2-4-13(9-12)10-16-8-7-15(11-17-16)14-5-6-14/h2-4,9,11,14-16H,5-8,10H2,1H3/t15?,16-/m0/s1. The monoisotopic (exact) mass is 227 g/mol. The molecule has 3 rings (SSSR count). The van der Waals surface area contributed by atoms with E-state index < -0.39 is 0 Å². The first kappa shape index (κ1) is 11.0. The summed E-state index contributed by atoms with van der Waals surface area (Å²) in [4.78, 5) is 4.77. The Morgan fingerprint density at radius 1 is 1.18 bits per heavy atom. The van der Waals surface area contributed by atoms with E-state index in [-0.39, 0.29) is 0 Å². The summed E-state index contributed by atoms with van der Waals surface area (Å²) in [6.07, 6.45) is 8.92. The second-order valence-corrected chi connectivity index (χ2v) is 5.72. The van der Waals surface area contributed by atoms with Crippen LogP contribution in [0.25, 0.3) is 0 Å². The fraction of sp³-hybridized carbons (Fsp3) is 0.562. The van der Waals surface area contributed by atoms with Crippen molar-refractivity contribution in [3.8, 4) is 0 Å². The maximum Gasteiger partial charge on any atom is 0.0536 e. The van der Waals surface area contributed by atoms with E-state index in [1.807, 2.05) is 0 Å². The topological polar surface area (TPSA) is 12.4 Å². The molecule has 0 amide bonds. The van der Waals surface area contributed by atoms with Gasteiger partial charge in [0.05, 0.1) is 6.04 Å². The number of aliphatic imine (C=N–C) groups is 1. The highest BCUT2D eigenvalue weighted by atomic mass is 14.8. The van der Waals surface area contributed by atoms with Crippen LogP contribution in [0.3, 0.4) is 0 Å². The minimum absolute atomic E-state index is 0.534. The van der Waals surface area contributed by atoms with Gasteiger partial charge in [-0.25, -0.2) is 0 Å². The number of hydrogen-bond donors (Lipinski definition) is 0. The van der Waals surface area contributed by atoms with Gasteiger partial charge in [-0.05, 0) is 56.4 Å². The van der Waals surface area contributed by atoms with Crippen LogP contribution in [-0.2, 0) is 6.42 Å². The van der Waals surface area contributed by atoms with E-state index in [9.17, 15) is 0 Å². The lowest BCUT2D eigenvalue weighted by atomic mass is 9.91. The average Bonchev–Trinajstić information content (AvgIpc) is 3.14. The minimum Gasteiger partial charge on any atom is -0.294 e. The highest BCUT2D eigenvalue weighted by Crippen LogP contribution is 2.39. The fourth-order valence-corrected chi connectivity index (χ4v) is 2.91. The Labute approximate surface area is 104 Å². The second-order valence-electron chi connectivity index (χ2n) is 5.72. The summed E-state index contributed by atoms with van der Waals surface area (Å²) in [5.41, 5.74) is 2.80. The molecule has 1 aromatic carbocycles. The highest BCUT2D eigenvalue weighted by molar-refractivity contribution is 5.63. The maximum atomic E-state index is 4.77. The van der Waals surface area contributed by atoms with E-state index in [0.29, 0.717) is 6.04 Å². The lowest BCUT2D eigenvalue weighted by molar-refractivity contribution is 0.462. The van der Waals surface area contributed by atoms with Crippen molar-refractivity contribution in [2.45, 2.75) is 45.1 Å². The normalized spacial score (nSPS) is 28.3. The van der Waals surface area contributed by atoms with Gasteiger partial charge in [-0.2, -0.15) is 0 Å². The largest absolute Gasteiger partial charge is 0.294 e. The molecular formula is C16H21N. The Kier molecular flexibility index (Phi) is 3.00. The molecule has 1 aromatic rings. The SMILES string of the molecule is Cc1cccc(C[C@@H]2CCC(C3CC3)C=N2)c1. The number of nitrogens with zero attached hydrogens (tertiary/aromatic N) is 1. The van der Waals surface area contributed by atoms with E-state index in [1.54, 1.807) is 0 Å². The molecule has 0 radical (unpaired) electrons. The van der Waals surface area contributed by atoms with Crippen molar-refractivity contribution in [3.05, 3.63) is 35.4 Å². The summed E-state index contributed by atoms with van der Waals surface area (Å²) in [6, 6.07) is 9.38. The predicted octanol–water partition coefficient (Wildman–Crippen LogP) is 3.80. The molecule has 1 unspecified atom stereocenters. The van der Waals surface area contributed by atoms with E-state index in [0.717, 1.165) is 18.3 Å². The molecule has 2 atom stereocenters. The molecule has 0 saturated heterocycles. The van der Waals surface area contributed by atoms with Gasteiger partial charge in [0.2, 0.25) is 0 Å². The van der Waals surface area contributed by atoms with Gasteiger partial charge in [-0.15, -0.1) is 0 Å². The Morgan fingerprint density at radius 3 is 2.71 bits per heavy atom. The first-order chi connectivity index (χ1) is 8.31. The maximum absolute atomic E-state index is 4.77. The summed E-state index contributed by atoms with van der Waals surface area (Å²) in [7, 11) is 0. The Balaban J connectivity index is 1.61. The molecule has 0 bridgehead atoms. The molecule has 0 N–H and O–H groups in total. The van der Waals surface area contributed by atoms with Crippen LogP contribution in [0.1, 0.15) is 36.8 Å². The molecule has 1 heterocycles. The van der Waals surface area contributed by atoms with Crippen molar-refractivity contribution in [1.29, 1.82) is 0 Å². The van der Waals surface area contributed by atoms with Crippen LogP contribution in [0, 0.1) is 18.8 Å². The van der Waals surface area contributed by atoms with E-state index in [2.05, 4.69) is 37.4 Å². The van der Waals surface area contributed by atoms with Gasteiger partial charge in [-0.3, -0.25) is 4.99 Å². The molecule has 0 spiro atoms. The summed E-state index contributed by atoms with van der Waals surface area (Å²) in [5, 5.41) is 0. The molecule has 2 aliphatic rings. The molecule has 17 heavy (non-hydrogen) atoms. The van der Waals surface area contributed by atoms with Crippen molar-refractivity contribution in [2.24, 2.45) is 16.8 Å². The summed E-state index contributed by atoms with van der Waals surface area (Å²) in [5.74, 6) is 1.79. The molecular weight excluding hydrogens is 206 g/mol. The van der Waals surface area contributed by atoms with Gasteiger partial charge in [0.25, 0.3) is 0 Å². The van der Waals surface area contributed by atoms with Crippen molar-refractivity contribution in [3.63, 3.8) is 0 Å². The zero-order valence-corrected chi connectivity index (χ0v) is 10.6. The Morgan fingerprint density at radius 2 is 2.06 bits per heavy atom. The van der Waals surface area contributed by atoms with Crippen LogP contribution in [0.5, 0.6) is 0 Å². The van der Waals surface area contributed by atoms with Gasteiger partial charge in [0, 0.05) is 6.21 Å². The molecule has 1 nitrogen and oxygen atoms in total. The van der Waals surface area contributed by atoms with Gasteiger partial charge in [-0.1, -0.05) is 29.8 Å². The lowest BCUT2D eigenvalue weighted by Gasteiger charge is -2.22. The molecule has 1 saturated carbocycles. The van der Waals surface area contributed by atoms with Crippen LogP contribution in [0.15, 0.2) is 29.3 Å². The first-order valence-electron chi connectivity index (χ1n) is 6.90. The van der Waals surface area contributed by atoms with Crippen LogP contribution in [-0.4, -0.2) is 12.3 Å². The van der Waals surface area contributed by atoms with Gasteiger partial charge in [0.1, 0.15) is 0 Å². The van der Waals surface area contributed by atoms with Crippen LogP contribution >= 0.6 is 0 Å². The zero-order valence-electron chi connectivity index (χ0n) is 10.6. The number of rotatable bonds is 3. The van der Waals surface area contributed by atoms with Crippen LogP contribution in [0.2, 0.25) is 0 Å². The summed E-state index contributed by atoms with van der Waals surface area (Å²) >= 11 is 0. The highest BCUT2D eigenvalue weighted by Gasteiger charge is 2.31. The summed E-state index contributed by atoms with van der Waals surface area (Å²) < 4.78 is 0. The number of aryl methyl sites for hydroxylation is 1. The first-order valence-corrected chi connectivity index (χ1v) is 6.90. The van der Waals surface area contributed by atoms with Gasteiger partial charge >= 0.3 is 0 Å². The molecule has 1 aliphatic heterocycles. The third-order valence-electron chi connectivity index (χ3n) is 4.10. The minimum atomic E-state index is 0.534. The second kappa shape index (κ2) is 4.64. The third kappa shape index (κ3) is 2.77. The zero-order chi connectivity index (χ0) is 11.7. The van der Waals surface area contributed by atoms with Crippen LogP contribution < -0.4 is 0 Å². The van der Waals surface area contributed by atoms with Crippen molar-refractivity contribution < 1.29 is 0 Å².